The number of halogens is 2. The molecule has 88 valence electrons. The van der Waals surface area contributed by atoms with E-state index in [2.05, 4.69) is 10.3 Å². The van der Waals surface area contributed by atoms with Crippen molar-refractivity contribution >= 4 is 5.82 Å². The zero-order valence-electron chi connectivity index (χ0n) is 9.32. The number of aromatic nitrogens is 1. The van der Waals surface area contributed by atoms with E-state index in [4.69, 9.17) is 0 Å². The Balaban J connectivity index is 2.17. The summed E-state index contributed by atoms with van der Waals surface area (Å²) in [5.41, 5.74) is 0.526. The van der Waals surface area contributed by atoms with Gasteiger partial charge in [0.25, 0.3) is 0 Å². The number of anilines is 1. The van der Waals surface area contributed by atoms with Gasteiger partial charge >= 0.3 is 0 Å². The molecule has 1 aromatic carbocycles. The van der Waals surface area contributed by atoms with Gasteiger partial charge in [0.1, 0.15) is 11.6 Å². The zero-order chi connectivity index (χ0) is 12.3. The first-order valence-electron chi connectivity index (χ1n) is 5.30. The third kappa shape index (κ3) is 2.78. The third-order valence-corrected chi connectivity index (χ3v) is 2.45. The molecular weight excluding hydrogens is 222 g/mol. The molecule has 17 heavy (non-hydrogen) atoms. The molecule has 4 heteroatoms. The van der Waals surface area contributed by atoms with Crippen LogP contribution in [0.25, 0.3) is 0 Å². The molecule has 0 aliphatic heterocycles. The highest BCUT2D eigenvalue weighted by Gasteiger charge is 2.10. The number of rotatable bonds is 3. The van der Waals surface area contributed by atoms with Crippen LogP contribution < -0.4 is 5.32 Å². The van der Waals surface area contributed by atoms with Crippen LogP contribution in [0.2, 0.25) is 0 Å². The molecule has 2 rings (SSSR count). The predicted octanol–water partition coefficient (Wildman–Crippen LogP) is 3.53. The fourth-order valence-electron chi connectivity index (χ4n) is 1.61. The third-order valence-electron chi connectivity index (χ3n) is 2.45. The Labute approximate surface area is 98.3 Å². The second kappa shape index (κ2) is 4.91. The number of hydrogen-bond donors (Lipinski definition) is 1. The van der Waals surface area contributed by atoms with E-state index in [0.29, 0.717) is 11.4 Å². The van der Waals surface area contributed by atoms with Crippen LogP contribution in [-0.4, -0.2) is 4.98 Å². The van der Waals surface area contributed by atoms with Crippen molar-refractivity contribution in [1.29, 1.82) is 0 Å². The molecule has 1 heterocycles. The molecule has 0 fully saturated rings. The molecule has 0 aliphatic carbocycles. The molecule has 1 atom stereocenters. The van der Waals surface area contributed by atoms with Gasteiger partial charge in [0.05, 0.1) is 6.04 Å². The molecule has 1 aromatic heterocycles. The van der Waals surface area contributed by atoms with E-state index in [1.807, 2.05) is 0 Å². The summed E-state index contributed by atoms with van der Waals surface area (Å²) in [5.74, 6) is -0.458. The lowest BCUT2D eigenvalue weighted by Gasteiger charge is -2.15. The number of hydrogen-bond acceptors (Lipinski definition) is 2. The summed E-state index contributed by atoms with van der Waals surface area (Å²) in [4.78, 5) is 3.67. The van der Waals surface area contributed by atoms with E-state index < -0.39 is 5.95 Å². The largest absolute Gasteiger partial charge is 0.363 e. The summed E-state index contributed by atoms with van der Waals surface area (Å²) >= 11 is 0. The van der Waals surface area contributed by atoms with Gasteiger partial charge in [-0.1, -0.05) is 24.3 Å². The minimum Gasteiger partial charge on any atom is -0.363 e. The van der Waals surface area contributed by atoms with Crippen LogP contribution in [0, 0.1) is 11.8 Å². The maximum Gasteiger partial charge on any atom is 0.214 e. The molecule has 0 radical (unpaired) electrons. The topological polar surface area (TPSA) is 24.9 Å². The van der Waals surface area contributed by atoms with Crippen LogP contribution in [0.5, 0.6) is 0 Å². The van der Waals surface area contributed by atoms with E-state index in [9.17, 15) is 8.78 Å². The van der Waals surface area contributed by atoms with Gasteiger partial charge in [-0.25, -0.2) is 9.37 Å². The van der Waals surface area contributed by atoms with E-state index in [1.54, 1.807) is 37.3 Å². The quantitative estimate of drug-likeness (QED) is 0.822. The Morgan fingerprint density at radius 3 is 2.53 bits per heavy atom. The standard InChI is InChI=1S/C13H12F2N2/c1-9(10-5-2-3-6-11(10)14)16-13-8-4-7-12(15)17-13/h2-9H,1H3,(H,16,17). The van der Waals surface area contributed by atoms with Crippen molar-refractivity contribution in [2.75, 3.05) is 5.32 Å². The summed E-state index contributed by atoms with van der Waals surface area (Å²) in [7, 11) is 0. The van der Waals surface area contributed by atoms with E-state index in [1.165, 1.54) is 12.1 Å². The van der Waals surface area contributed by atoms with Crippen LogP contribution in [0.3, 0.4) is 0 Å². The normalized spacial score (nSPS) is 12.2. The van der Waals surface area contributed by atoms with Gasteiger partial charge in [0.2, 0.25) is 5.95 Å². The molecule has 0 bridgehead atoms. The van der Waals surface area contributed by atoms with E-state index in [-0.39, 0.29) is 11.9 Å². The predicted molar refractivity (Wildman–Crippen MR) is 62.6 cm³/mol. The average Bonchev–Trinajstić information content (AvgIpc) is 2.29. The smallest absolute Gasteiger partial charge is 0.214 e. The number of benzene rings is 1. The maximum absolute atomic E-state index is 13.5. The SMILES string of the molecule is CC(Nc1cccc(F)n1)c1ccccc1F. The lowest BCUT2D eigenvalue weighted by molar-refractivity contribution is 0.582. The highest BCUT2D eigenvalue weighted by molar-refractivity contribution is 5.38. The highest BCUT2D eigenvalue weighted by Crippen LogP contribution is 2.20. The second-order valence-electron chi connectivity index (χ2n) is 3.73. The second-order valence-corrected chi connectivity index (χ2v) is 3.73. The molecule has 0 aliphatic rings. The number of pyridine rings is 1. The average molecular weight is 234 g/mol. The Morgan fingerprint density at radius 2 is 1.82 bits per heavy atom. The van der Waals surface area contributed by atoms with Crippen molar-refractivity contribution in [3.8, 4) is 0 Å². The van der Waals surface area contributed by atoms with Crippen molar-refractivity contribution < 1.29 is 8.78 Å². The van der Waals surface area contributed by atoms with Crippen LogP contribution in [0.15, 0.2) is 42.5 Å². The van der Waals surface area contributed by atoms with Crippen LogP contribution in [0.1, 0.15) is 18.5 Å². The van der Waals surface area contributed by atoms with Gasteiger partial charge in [0.15, 0.2) is 0 Å². The summed E-state index contributed by atoms with van der Waals surface area (Å²) < 4.78 is 26.4. The molecular formula is C13H12F2N2. The fraction of sp³-hybridized carbons (Fsp3) is 0.154. The molecule has 1 unspecified atom stereocenters. The highest BCUT2D eigenvalue weighted by atomic mass is 19.1. The minimum atomic E-state index is -0.560. The first-order valence-corrected chi connectivity index (χ1v) is 5.30. The lowest BCUT2D eigenvalue weighted by atomic mass is 10.1. The van der Waals surface area contributed by atoms with Crippen molar-refractivity contribution in [1.82, 2.24) is 4.98 Å². The van der Waals surface area contributed by atoms with Gasteiger partial charge in [-0.2, -0.15) is 4.39 Å². The maximum atomic E-state index is 13.5. The summed E-state index contributed by atoms with van der Waals surface area (Å²) in [6.45, 7) is 1.80. The molecule has 2 nitrogen and oxygen atoms in total. The summed E-state index contributed by atoms with van der Waals surface area (Å²) in [6.07, 6.45) is 0. The monoisotopic (exact) mass is 234 g/mol. The molecule has 2 aromatic rings. The van der Waals surface area contributed by atoms with Gasteiger partial charge in [0, 0.05) is 5.56 Å². The van der Waals surface area contributed by atoms with Gasteiger partial charge in [-0.15, -0.1) is 0 Å². The van der Waals surface area contributed by atoms with Gasteiger partial charge < -0.3 is 5.32 Å². The van der Waals surface area contributed by atoms with Crippen LogP contribution >= 0.6 is 0 Å². The Bertz CT molecular complexity index is 514. The zero-order valence-corrected chi connectivity index (χ0v) is 9.32. The Kier molecular flexibility index (Phi) is 3.32. The fourth-order valence-corrected chi connectivity index (χ4v) is 1.61. The first-order chi connectivity index (χ1) is 8.16. The molecule has 0 saturated heterocycles. The minimum absolute atomic E-state index is 0.273. The van der Waals surface area contributed by atoms with Gasteiger partial charge in [-0.05, 0) is 25.1 Å². The molecule has 1 N–H and O–H groups in total. The van der Waals surface area contributed by atoms with E-state index in [0.717, 1.165) is 0 Å². The lowest BCUT2D eigenvalue weighted by Crippen LogP contribution is -2.09. The van der Waals surface area contributed by atoms with Crippen molar-refractivity contribution in [3.63, 3.8) is 0 Å². The molecule has 0 spiro atoms. The number of nitrogens with zero attached hydrogens (tertiary/aromatic N) is 1. The first kappa shape index (κ1) is 11.5. The number of nitrogens with one attached hydrogen (secondary N) is 1. The van der Waals surface area contributed by atoms with Gasteiger partial charge in [-0.3, -0.25) is 0 Å². The van der Waals surface area contributed by atoms with Crippen molar-refractivity contribution in [2.24, 2.45) is 0 Å². The Hall–Kier alpha value is -1.97. The van der Waals surface area contributed by atoms with Crippen molar-refractivity contribution in [3.05, 3.63) is 59.8 Å². The summed E-state index contributed by atoms with van der Waals surface area (Å²) in [6, 6.07) is 10.7. The summed E-state index contributed by atoms with van der Waals surface area (Å²) in [5, 5.41) is 2.95. The van der Waals surface area contributed by atoms with Crippen LogP contribution in [-0.2, 0) is 0 Å². The molecule has 0 amide bonds. The Morgan fingerprint density at radius 1 is 1.06 bits per heavy atom. The molecule has 0 saturated carbocycles. The van der Waals surface area contributed by atoms with Crippen molar-refractivity contribution in [2.45, 2.75) is 13.0 Å². The van der Waals surface area contributed by atoms with E-state index >= 15 is 0 Å². The van der Waals surface area contributed by atoms with Crippen LogP contribution in [0.4, 0.5) is 14.6 Å².